The summed E-state index contributed by atoms with van der Waals surface area (Å²) in [5, 5.41) is 7.21. The highest BCUT2D eigenvalue weighted by atomic mass is 16.5. The Morgan fingerprint density at radius 3 is 3.17 bits per heavy atom. The molecule has 1 saturated heterocycles. The molecule has 24 heavy (non-hydrogen) atoms. The lowest BCUT2D eigenvalue weighted by atomic mass is 10.1. The zero-order valence-electron chi connectivity index (χ0n) is 13.3. The molecule has 2 atom stereocenters. The number of nitrogens with one attached hydrogen (secondary N) is 1. The molecule has 1 amide bonds. The van der Waals surface area contributed by atoms with Crippen LogP contribution in [0.4, 0.5) is 0 Å². The highest BCUT2D eigenvalue weighted by Crippen LogP contribution is 2.28. The predicted octanol–water partition coefficient (Wildman–Crippen LogP) is 1.21. The van der Waals surface area contributed by atoms with Crippen LogP contribution in [0.1, 0.15) is 35.6 Å². The Balaban J connectivity index is 1.57. The maximum absolute atomic E-state index is 12.7. The molecule has 4 rings (SSSR count). The molecule has 1 aliphatic rings. The molecule has 0 unspecified atom stereocenters. The van der Waals surface area contributed by atoms with Crippen molar-refractivity contribution in [2.75, 3.05) is 6.61 Å². The lowest BCUT2D eigenvalue weighted by Crippen LogP contribution is -2.37. The van der Waals surface area contributed by atoms with Gasteiger partial charge in [0.2, 0.25) is 0 Å². The number of imidazole rings is 1. The van der Waals surface area contributed by atoms with Gasteiger partial charge in [-0.3, -0.25) is 4.79 Å². The van der Waals surface area contributed by atoms with Gasteiger partial charge >= 0.3 is 0 Å². The third-order valence-electron chi connectivity index (χ3n) is 4.27. The molecule has 0 radical (unpaired) electrons. The average molecular weight is 326 g/mol. The average Bonchev–Trinajstić information content (AvgIpc) is 3.32. The molecular weight excluding hydrogens is 308 g/mol. The maximum Gasteiger partial charge on any atom is 0.257 e. The van der Waals surface area contributed by atoms with E-state index in [9.17, 15) is 4.79 Å². The molecular formula is C16H18N6O2. The smallest absolute Gasteiger partial charge is 0.257 e. The molecule has 0 bridgehead atoms. The number of carbonyl (C=O) groups excluding carboxylic acids is 1. The first kappa shape index (κ1) is 14.8. The van der Waals surface area contributed by atoms with E-state index in [-0.39, 0.29) is 18.1 Å². The number of ether oxygens (including phenoxy) is 1. The molecule has 0 saturated carbocycles. The number of amides is 1. The van der Waals surface area contributed by atoms with Crippen LogP contribution in [0.3, 0.4) is 0 Å². The lowest BCUT2D eigenvalue weighted by Gasteiger charge is -2.20. The number of fused-ring (bicyclic) bond motifs is 1. The summed E-state index contributed by atoms with van der Waals surface area (Å²) in [7, 11) is 0. The van der Waals surface area contributed by atoms with Crippen molar-refractivity contribution in [3.63, 3.8) is 0 Å². The molecule has 4 heterocycles. The first-order valence-corrected chi connectivity index (χ1v) is 7.99. The van der Waals surface area contributed by atoms with E-state index in [4.69, 9.17) is 4.74 Å². The molecule has 124 valence electrons. The summed E-state index contributed by atoms with van der Waals surface area (Å²) in [4.78, 5) is 21.3. The van der Waals surface area contributed by atoms with Crippen LogP contribution >= 0.6 is 0 Å². The first-order valence-electron chi connectivity index (χ1n) is 7.99. The number of hydrogen-bond donors (Lipinski definition) is 1. The van der Waals surface area contributed by atoms with Crippen LogP contribution in [0, 0.1) is 0 Å². The van der Waals surface area contributed by atoms with Gasteiger partial charge in [0, 0.05) is 37.9 Å². The highest BCUT2D eigenvalue weighted by molar-refractivity contribution is 5.99. The minimum atomic E-state index is -0.237. The molecule has 0 aromatic carbocycles. The summed E-state index contributed by atoms with van der Waals surface area (Å²) < 4.78 is 9.44. The van der Waals surface area contributed by atoms with Gasteiger partial charge in [-0.2, -0.15) is 5.10 Å². The Labute approximate surface area is 138 Å². The number of aromatic nitrogens is 5. The van der Waals surface area contributed by atoms with Crippen molar-refractivity contribution in [1.29, 1.82) is 0 Å². The van der Waals surface area contributed by atoms with Gasteiger partial charge in [-0.1, -0.05) is 0 Å². The van der Waals surface area contributed by atoms with Gasteiger partial charge in [0.15, 0.2) is 5.65 Å². The van der Waals surface area contributed by atoms with Crippen LogP contribution in [0.2, 0.25) is 0 Å². The summed E-state index contributed by atoms with van der Waals surface area (Å²) in [6.07, 6.45) is 9.14. The number of nitrogens with zero attached hydrogens (tertiary/aromatic N) is 5. The Hall–Kier alpha value is -2.74. The minimum Gasteiger partial charge on any atom is -0.368 e. The van der Waals surface area contributed by atoms with E-state index < -0.39 is 0 Å². The van der Waals surface area contributed by atoms with Gasteiger partial charge in [-0.25, -0.2) is 14.5 Å². The van der Waals surface area contributed by atoms with E-state index in [0.29, 0.717) is 17.8 Å². The fraction of sp³-hybridized carbons (Fsp3) is 0.375. The summed E-state index contributed by atoms with van der Waals surface area (Å²) in [5.41, 5.74) is 1.00. The van der Waals surface area contributed by atoms with E-state index in [2.05, 4.69) is 27.3 Å². The predicted molar refractivity (Wildman–Crippen MR) is 85.5 cm³/mol. The van der Waals surface area contributed by atoms with Crippen LogP contribution in [0.15, 0.2) is 37.1 Å². The molecule has 0 aliphatic carbocycles. The molecule has 8 nitrogen and oxygen atoms in total. The second kappa shape index (κ2) is 6.04. The molecule has 3 aromatic rings. The first-order chi connectivity index (χ1) is 11.8. The number of hydrogen-bond acceptors (Lipinski definition) is 5. The zero-order chi connectivity index (χ0) is 16.5. The fourth-order valence-electron chi connectivity index (χ4n) is 3.07. The van der Waals surface area contributed by atoms with Gasteiger partial charge in [0.1, 0.15) is 17.5 Å². The summed E-state index contributed by atoms with van der Waals surface area (Å²) >= 11 is 0. The quantitative estimate of drug-likeness (QED) is 0.779. The van der Waals surface area contributed by atoms with Crippen LogP contribution < -0.4 is 5.32 Å². The van der Waals surface area contributed by atoms with Crippen LogP contribution in [-0.4, -0.2) is 42.7 Å². The molecule has 0 spiro atoms. The molecule has 1 fully saturated rings. The van der Waals surface area contributed by atoms with E-state index >= 15 is 0 Å². The van der Waals surface area contributed by atoms with Crippen molar-refractivity contribution in [3.05, 3.63) is 48.4 Å². The number of carbonyl (C=O) groups is 1. The third kappa shape index (κ3) is 2.44. The van der Waals surface area contributed by atoms with Gasteiger partial charge in [0.25, 0.3) is 5.91 Å². The SMILES string of the molecule is CCn1ccnc1[C@H]1OCC[C@@H]1NC(=O)c1cnn2cccnc12. The molecule has 3 aromatic heterocycles. The van der Waals surface area contributed by atoms with Crippen molar-refractivity contribution in [3.8, 4) is 0 Å². The van der Waals surface area contributed by atoms with E-state index in [1.165, 1.54) is 6.20 Å². The van der Waals surface area contributed by atoms with Gasteiger partial charge in [-0.15, -0.1) is 0 Å². The van der Waals surface area contributed by atoms with Crippen molar-refractivity contribution >= 4 is 11.6 Å². The van der Waals surface area contributed by atoms with Crippen molar-refractivity contribution in [2.24, 2.45) is 0 Å². The van der Waals surface area contributed by atoms with Crippen molar-refractivity contribution < 1.29 is 9.53 Å². The number of aryl methyl sites for hydroxylation is 1. The zero-order valence-corrected chi connectivity index (χ0v) is 13.3. The largest absolute Gasteiger partial charge is 0.368 e. The van der Waals surface area contributed by atoms with Crippen LogP contribution in [0.5, 0.6) is 0 Å². The second-order valence-corrected chi connectivity index (χ2v) is 5.68. The van der Waals surface area contributed by atoms with Crippen LogP contribution in [-0.2, 0) is 11.3 Å². The van der Waals surface area contributed by atoms with Crippen molar-refractivity contribution in [1.82, 2.24) is 29.5 Å². The standard InChI is InChI=1S/C16H18N6O2/c1-2-21-8-6-18-15(21)13-12(4-9-24-13)20-16(23)11-10-19-22-7-3-5-17-14(11)22/h3,5-8,10,12-13H,2,4,9H2,1H3,(H,20,23)/t12-,13-/m0/s1. The number of rotatable bonds is 4. The Morgan fingerprint density at radius 2 is 2.29 bits per heavy atom. The normalized spacial score (nSPS) is 20.5. The molecule has 8 heteroatoms. The maximum atomic E-state index is 12.7. The topological polar surface area (TPSA) is 86.3 Å². The fourth-order valence-corrected chi connectivity index (χ4v) is 3.07. The van der Waals surface area contributed by atoms with Crippen molar-refractivity contribution in [2.45, 2.75) is 32.0 Å². The van der Waals surface area contributed by atoms with E-state index in [1.807, 2.05) is 10.8 Å². The molecule has 1 aliphatic heterocycles. The lowest BCUT2D eigenvalue weighted by molar-refractivity contribution is 0.0776. The second-order valence-electron chi connectivity index (χ2n) is 5.68. The van der Waals surface area contributed by atoms with Gasteiger partial charge in [0.05, 0.1) is 12.2 Å². The monoisotopic (exact) mass is 326 g/mol. The third-order valence-corrected chi connectivity index (χ3v) is 4.27. The van der Waals surface area contributed by atoms with Gasteiger partial charge in [-0.05, 0) is 19.4 Å². The Bertz CT molecular complexity index is 870. The van der Waals surface area contributed by atoms with Gasteiger partial charge < -0.3 is 14.6 Å². The van der Waals surface area contributed by atoms with E-state index in [0.717, 1.165) is 18.8 Å². The summed E-state index contributed by atoms with van der Waals surface area (Å²) in [5.74, 6) is 0.650. The highest BCUT2D eigenvalue weighted by Gasteiger charge is 2.34. The van der Waals surface area contributed by atoms with E-state index in [1.54, 1.807) is 29.2 Å². The summed E-state index contributed by atoms with van der Waals surface area (Å²) in [6, 6.07) is 1.65. The molecule has 1 N–H and O–H groups in total. The minimum absolute atomic E-state index is 0.121. The Morgan fingerprint density at radius 1 is 1.38 bits per heavy atom. The summed E-state index contributed by atoms with van der Waals surface area (Å²) in [6.45, 7) is 3.46. The Kier molecular flexibility index (Phi) is 3.73. The van der Waals surface area contributed by atoms with Crippen LogP contribution in [0.25, 0.3) is 5.65 Å².